The van der Waals surface area contributed by atoms with E-state index < -0.39 is 5.25 Å². The molecule has 1 amide bonds. The Morgan fingerprint density at radius 1 is 1.21 bits per heavy atom. The molecule has 2 aromatic rings. The quantitative estimate of drug-likeness (QED) is 0.776. The number of amides is 1. The first-order valence-corrected chi connectivity index (χ1v) is 9.68. The van der Waals surface area contributed by atoms with E-state index in [9.17, 15) is 10.1 Å². The highest BCUT2D eigenvalue weighted by molar-refractivity contribution is 8.00. The summed E-state index contributed by atoms with van der Waals surface area (Å²) in [5, 5.41) is 18.3. The van der Waals surface area contributed by atoms with Gasteiger partial charge in [-0.25, -0.2) is 4.98 Å². The third kappa shape index (κ3) is 5.03. The minimum Gasteiger partial charge on any atom is -0.383 e. The number of carbonyl (C=O) groups excluding carboxylic acids is 1. The molecule has 0 aliphatic heterocycles. The Hall–Kier alpha value is -3.03. The molecule has 0 saturated heterocycles. The van der Waals surface area contributed by atoms with Gasteiger partial charge in [-0.05, 0) is 39.3 Å². The lowest BCUT2D eigenvalue weighted by atomic mass is 10.0. The van der Waals surface area contributed by atoms with Gasteiger partial charge in [0.2, 0.25) is 5.91 Å². The van der Waals surface area contributed by atoms with Gasteiger partial charge in [-0.15, -0.1) is 0 Å². The second-order valence-electron chi connectivity index (χ2n) is 7.34. The minimum atomic E-state index is -0.477. The Morgan fingerprint density at radius 2 is 1.82 bits per heavy atom. The number of hydrogen-bond donors (Lipinski definition) is 1. The van der Waals surface area contributed by atoms with Gasteiger partial charge < -0.3 is 10.6 Å². The van der Waals surface area contributed by atoms with Crippen molar-refractivity contribution in [2.75, 3.05) is 5.73 Å². The van der Waals surface area contributed by atoms with Crippen LogP contribution in [0.4, 0.5) is 5.82 Å². The zero-order valence-electron chi connectivity index (χ0n) is 16.4. The van der Waals surface area contributed by atoms with Crippen molar-refractivity contribution in [2.45, 2.75) is 50.1 Å². The van der Waals surface area contributed by atoms with Gasteiger partial charge in [0, 0.05) is 12.1 Å². The number of thioether (sulfide) groups is 1. The van der Waals surface area contributed by atoms with Crippen LogP contribution in [0.15, 0.2) is 41.4 Å². The van der Waals surface area contributed by atoms with Crippen molar-refractivity contribution < 1.29 is 4.79 Å². The number of nitrogen functional groups attached to an aromatic ring is 1. The average molecular weight is 394 g/mol. The Kier molecular flexibility index (Phi) is 6.66. The molecule has 0 aliphatic carbocycles. The molecular formula is C21H23N5OS. The first-order valence-electron chi connectivity index (χ1n) is 8.80. The van der Waals surface area contributed by atoms with E-state index in [2.05, 4.69) is 4.98 Å². The summed E-state index contributed by atoms with van der Waals surface area (Å²) in [5.41, 5.74) is 6.84. The van der Waals surface area contributed by atoms with Crippen molar-refractivity contribution in [3.05, 3.63) is 53.1 Å². The predicted octanol–water partition coefficient (Wildman–Crippen LogP) is 3.72. The molecule has 0 bridgehead atoms. The van der Waals surface area contributed by atoms with Crippen LogP contribution >= 0.6 is 11.8 Å². The minimum absolute atomic E-state index is 0.0561. The molecule has 1 heterocycles. The van der Waals surface area contributed by atoms with Crippen LogP contribution in [0.5, 0.6) is 0 Å². The molecule has 1 atom stereocenters. The number of carbonyl (C=O) groups is 1. The molecule has 144 valence electrons. The highest BCUT2D eigenvalue weighted by Crippen LogP contribution is 2.30. The molecule has 0 radical (unpaired) electrons. The molecule has 2 N–H and O–H groups in total. The van der Waals surface area contributed by atoms with Gasteiger partial charge in [-0.2, -0.15) is 10.5 Å². The van der Waals surface area contributed by atoms with Gasteiger partial charge in [0.15, 0.2) is 0 Å². The van der Waals surface area contributed by atoms with Crippen LogP contribution in [-0.2, 0) is 11.3 Å². The predicted molar refractivity (Wildman–Crippen MR) is 110 cm³/mol. The van der Waals surface area contributed by atoms with E-state index in [1.807, 2.05) is 68.1 Å². The van der Waals surface area contributed by atoms with E-state index >= 15 is 0 Å². The summed E-state index contributed by atoms with van der Waals surface area (Å²) in [4.78, 5) is 19.2. The molecule has 0 spiro atoms. The number of pyridine rings is 1. The number of nitrogens with two attached hydrogens (primary N) is 1. The number of benzene rings is 1. The summed E-state index contributed by atoms with van der Waals surface area (Å²) in [5.74, 6) is -0.00409. The molecule has 28 heavy (non-hydrogen) atoms. The highest BCUT2D eigenvalue weighted by atomic mass is 32.2. The van der Waals surface area contributed by atoms with E-state index in [0.717, 1.165) is 5.56 Å². The summed E-state index contributed by atoms with van der Waals surface area (Å²) in [7, 11) is 0. The second kappa shape index (κ2) is 8.77. The van der Waals surface area contributed by atoms with E-state index in [4.69, 9.17) is 11.0 Å². The molecule has 7 heteroatoms. The Labute approximate surface area is 170 Å². The third-order valence-corrected chi connectivity index (χ3v) is 5.24. The molecule has 0 unspecified atom stereocenters. The summed E-state index contributed by atoms with van der Waals surface area (Å²) >= 11 is 1.18. The fourth-order valence-electron chi connectivity index (χ4n) is 2.62. The number of nitrogens with zero attached hydrogens (tertiary/aromatic N) is 4. The van der Waals surface area contributed by atoms with E-state index in [1.165, 1.54) is 17.8 Å². The van der Waals surface area contributed by atoms with E-state index in [0.29, 0.717) is 11.6 Å². The Morgan fingerprint density at radius 3 is 2.36 bits per heavy atom. The number of hydrogen-bond acceptors (Lipinski definition) is 6. The van der Waals surface area contributed by atoms with Crippen LogP contribution in [-0.4, -0.2) is 26.6 Å². The standard InChI is InChI=1S/C21H23N5OS/c1-14(28-19-17(12-23)10-16(11-22)18(24)25-19)20(27)26(21(2,3)4)13-15-8-6-5-7-9-15/h5-10,14H,13H2,1-4H3,(H2,24,25)/t14-/m1/s1. The highest BCUT2D eigenvalue weighted by Gasteiger charge is 2.31. The van der Waals surface area contributed by atoms with Gasteiger partial charge in [0.05, 0.1) is 16.4 Å². The van der Waals surface area contributed by atoms with Crippen molar-refractivity contribution >= 4 is 23.5 Å². The van der Waals surface area contributed by atoms with Crippen molar-refractivity contribution in [1.29, 1.82) is 10.5 Å². The molecule has 1 aromatic heterocycles. The van der Waals surface area contributed by atoms with Crippen LogP contribution < -0.4 is 5.73 Å². The second-order valence-corrected chi connectivity index (χ2v) is 8.67. The molecular weight excluding hydrogens is 370 g/mol. The first-order chi connectivity index (χ1) is 13.2. The molecule has 1 aromatic carbocycles. The van der Waals surface area contributed by atoms with Crippen LogP contribution in [0, 0.1) is 22.7 Å². The number of aromatic nitrogens is 1. The molecule has 2 rings (SSSR count). The maximum Gasteiger partial charge on any atom is 0.236 e. The van der Waals surface area contributed by atoms with E-state index in [-0.39, 0.29) is 28.4 Å². The van der Waals surface area contributed by atoms with Gasteiger partial charge in [-0.3, -0.25) is 4.79 Å². The SMILES string of the molecule is C[C@@H](Sc1nc(N)c(C#N)cc1C#N)C(=O)N(Cc1ccccc1)C(C)(C)C. The van der Waals surface area contributed by atoms with Crippen molar-refractivity contribution in [2.24, 2.45) is 0 Å². The maximum absolute atomic E-state index is 13.2. The molecule has 0 aliphatic rings. The van der Waals surface area contributed by atoms with E-state index in [1.54, 1.807) is 6.92 Å². The molecule has 6 nitrogen and oxygen atoms in total. The van der Waals surface area contributed by atoms with Gasteiger partial charge in [-0.1, -0.05) is 42.1 Å². The monoisotopic (exact) mass is 393 g/mol. The fourth-order valence-corrected chi connectivity index (χ4v) is 3.56. The summed E-state index contributed by atoms with van der Waals surface area (Å²) in [6.07, 6.45) is 0. The summed E-state index contributed by atoms with van der Waals surface area (Å²) < 4.78 is 0. The number of rotatable bonds is 5. The lowest BCUT2D eigenvalue weighted by Crippen LogP contribution is -2.48. The maximum atomic E-state index is 13.2. The third-order valence-electron chi connectivity index (χ3n) is 4.15. The zero-order chi connectivity index (χ0) is 20.9. The largest absolute Gasteiger partial charge is 0.383 e. The number of nitriles is 2. The van der Waals surface area contributed by atoms with Crippen LogP contribution in [0.2, 0.25) is 0 Å². The van der Waals surface area contributed by atoms with Crippen LogP contribution in [0.1, 0.15) is 44.4 Å². The fraction of sp³-hybridized carbons (Fsp3) is 0.333. The molecule has 0 saturated carbocycles. The molecule has 0 fully saturated rings. The van der Waals surface area contributed by atoms with Gasteiger partial charge in [0.1, 0.15) is 23.0 Å². The topological polar surface area (TPSA) is 107 Å². The van der Waals surface area contributed by atoms with Crippen molar-refractivity contribution in [1.82, 2.24) is 9.88 Å². The Bertz CT molecular complexity index is 938. The first kappa shape index (κ1) is 21.3. The van der Waals surface area contributed by atoms with Crippen molar-refractivity contribution in [3.63, 3.8) is 0 Å². The Balaban J connectivity index is 2.28. The van der Waals surface area contributed by atoms with Crippen LogP contribution in [0.3, 0.4) is 0 Å². The zero-order valence-corrected chi connectivity index (χ0v) is 17.2. The number of anilines is 1. The average Bonchev–Trinajstić information content (AvgIpc) is 2.65. The summed E-state index contributed by atoms with van der Waals surface area (Å²) in [6.45, 7) is 8.24. The summed E-state index contributed by atoms with van der Waals surface area (Å²) in [6, 6.07) is 15.2. The van der Waals surface area contributed by atoms with Crippen molar-refractivity contribution in [3.8, 4) is 12.1 Å². The van der Waals surface area contributed by atoms with Gasteiger partial charge in [0.25, 0.3) is 0 Å². The lowest BCUT2D eigenvalue weighted by Gasteiger charge is -2.37. The smallest absolute Gasteiger partial charge is 0.236 e. The lowest BCUT2D eigenvalue weighted by molar-refractivity contribution is -0.135. The van der Waals surface area contributed by atoms with Gasteiger partial charge >= 0.3 is 0 Å². The normalized spacial score (nSPS) is 11.9. The van der Waals surface area contributed by atoms with Crippen LogP contribution in [0.25, 0.3) is 0 Å².